The predicted molar refractivity (Wildman–Crippen MR) is 77.7 cm³/mol. The summed E-state index contributed by atoms with van der Waals surface area (Å²) in [6.45, 7) is 6.40. The van der Waals surface area contributed by atoms with Crippen molar-refractivity contribution in [1.29, 1.82) is 0 Å². The van der Waals surface area contributed by atoms with Crippen LogP contribution in [0.1, 0.15) is 32.6 Å². The van der Waals surface area contributed by atoms with Gasteiger partial charge in [-0.25, -0.2) is 8.42 Å². The van der Waals surface area contributed by atoms with Gasteiger partial charge >= 0.3 is 0 Å². The maximum Gasteiger partial charge on any atom is 0.211 e. The van der Waals surface area contributed by atoms with E-state index in [0.717, 1.165) is 25.7 Å². The number of nitrogens with one attached hydrogen (secondary N) is 1. The Kier molecular flexibility index (Phi) is 5.22. The molecular weight excluding hydrogens is 262 g/mol. The second-order valence-electron chi connectivity index (χ2n) is 5.92. The summed E-state index contributed by atoms with van der Waals surface area (Å²) in [5.74, 6) is 0. The van der Waals surface area contributed by atoms with Gasteiger partial charge in [0.15, 0.2) is 0 Å². The van der Waals surface area contributed by atoms with Crippen LogP contribution < -0.4 is 5.32 Å². The standard InChI is InChI=1S/C13H27N3O2S/c1-12(4-3-7-14-13-5-6-13)15-8-10-16(11-9-15)19(2,17)18/h12-14H,3-11H2,1-2H3. The van der Waals surface area contributed by atoms with E-state index in [4.69, 9.17) is 0 Å². The maximum absolute atomic E-state index is 11.4. The van der Waals surface area contributed by atoms with Crippen LogP contribution in [0.15, 0.2) is 0 Å². The minimum absolute atomic E-state index is 0.558. The first-order valence-electron chi connectivity index (χ1n) is 7.39. The summed E-state index contributed by atoms with van der Waals surface area (Å²) in [6.07, 6.45) is 6.41. The van der Waals surface area contributed by atoms with Crippen LogP contribution in [0.5, 0.6) is 0 Å². The fourth-order valence-electron chi connectivity index (χ4n) is 2.65. The molecule has 1 atom stereocenters. The number of rotatable bonds is 7. The van der Waals surface area contributed by atoms with Crippen LogP contribution in [0.3, 0.4) is 0 Å². The first-order valence-corrected chi connectivity index (χ1v) is 9.24. The van der Waals surface area contributed by atoms with E-state index in [-0.39, 0.29) is 0 Å². The van der Waals surface area contributed by atoms with E-state index < -0.39 is 10.0 Å². The summed E-state index contributed by atoms with van der Waals surface area (Å²) >= 11 is 0. The van der Waals surface area contributed by atoms with Gasteiger partial charge in [-0.3, -0.25) is 4.90 Å². The van der Waals surface area contributed by atoms with Crippen molar-refractivity contribution in [2.24, 2.45) is 0 Å². The van der Waals surface area contributed by atoms with Crippen molar-refractivity contribution in [1.82, 2.24) is 14.5 Å². The summed E-state index contributed by atoms with van der Waals surface area (Å²) in [7, 11) is -3.00. The van der Waals surface area contributed by atoms with Gasteiger partial charge in [0.1, 0.15) is 0 Å². The molecule has 1 saturated carbocycles. The van der Waals surface area contributed by atoms with Gasteiger partial charge in [-0.05, 0) is 39.2 Å². The highest BCUT2D eigenvalue weighted by Gasteiger charge is 2.25. The minimum atomic E-state index is -3.00. The number of hydrogen-bond acceptors (Lipinski definition) is 4. The van der Waals surface area contributed by atoms with Gasteiger partial charge < -0.3 is 5.32 Å². The molecule has 0 spiro atoms. The van der Waals surface area contributed by atoms with Crippen molar-refractivity contribution in [3.8, 4) is 0 Å². The molecule has 1 heterocycles. The molecule has 0 aromatic rings. The third-order valence-corrected chi connectivity index (χ3v) is 5.48. The van der Waals surface area contributed by atoms with Crippen LogP contribution in [-0.4, -0.2) is 68.7 Å². The third-order valence-electron chi connectivity index (χ3n) is 4.17. The minimum Gasteiger partial charge on any atom is -0.314 e. The van der Waals surface area contributed by atoms with E-state index in [1.807, 2.05) is 0 Å². The first-order chi connectivity index (χ1) is 8.97. The summed E-state index contributed by atoms with van der Waals surface area (Å²) in [4.78, 5) is 2.42. The Hall–Kier alpha value is -0.170. The maximum atomic E-state index is 11.4. The van der Waals surface area contributed by atoms with E-state index in [1.54, 1.807) is 4.31 Å². The SMILES string of the molecule is CC(CCCNC1CC1)N1CCN(S(C)(=O)=O)CC1. The van der Waals surface area contributed by atoms with E-state index in [0.29, 0.717) is 19.1 Å². The molecule has 19 heavy (non-hydrogen) atoms. The number of nitrogens with zero attached hydrogens (tertiary/aromatic N) is 2. The van der Waals surface area contributed by atoms with Gasteiger partial charge in [0, 0.05) is 38.3 Å². The quantitative estimate of drug-likeness (QED) is 0.693. The van der Waals surface area contributed by atoms with Gasteiger partial charge in [0.25, 0.3) is 0 Å². The summed E-state index contributed by atoms with van der Waals surface area (Å²) in [5, 5.41) is 3.54. The van der Waals surface area contributed by atoms with Crippen LogP contribution in [0, 0.1) is 0 Å². The highest BCUT2D eigenvalue weighted by molar-refractivity contribution is 7.88. The van der Waals surface area contributed by atoms with Gasteiger partial charge in [-0.1, -0.05) is 0 Å². The van der Waals surface area contributed by atoms with Gasteiger partial charge in [-0.2, -0.15) is 4.31 Å². The van der Waals surface area contributed by atoms with Crippen molar-refractivity contribution in [2.75, 3.05) is 39.0 Å². The normalized spacial score (nSPS) is 24.5. The van der Waals surface area contributed by atoms with Gasteiger partial charge in [0.05, 0.1) is 6.26 Å². The van der Waals surface area contributed by atoms with E-state index in [1.165, 1.54) is 31.9 Å². The van der Waals surface area contributed by atoms with Crippen LogP contribution >= 0.6 is 0 Å². The monoisotopic (exact) mass is 289 g/mol. The molecule has 112 valence electrons. The van der Waals surface area contributed by atoms with Crippen LogP contribution in [0.2, 0.25) is 0 Å². The summed E-state index contributed by atoms with van der Waals surface area (Å²) < 4.78 is 24.5. The lowest BCUT2D eigenvalue weighted by atomic mass is 10.1. The Labute approximate surface area is 117 Å². The smallest absolute Gasteiger partial charge is 0.211 e. The molecule has 0 aromatic heterocycles. The van der Waals surface area contributed by atoms with Crippen molar-refractivity contribution < 1.29 is 8.42 Å². The molecule has 2 rings (SSSR count). The average Bonchev–Trinajstić information content (AvgIpc) is 3.17. The Morgan fingerprint density at radius 1 is 1.21 bits per heavy atom. The van der Waals surface area contributed by atoms with Crippen molar-refractivity contribution in [3.63, 3.8) is 0 Å². The zero-order valence-electron chi connectivity index (χ0n) is 12.1. The predicted octanol–water partition coefficient (Wildman–Crippen LogP) is 0.484. The molecule has 2 aliphatic rings. The fraction of sp³-hybridized carbons (Fsp3) is 1.00. The molecule has 0 bridgehead atoms. The first kappa shape index (κ1) is 15.2. The zero-order chi connectivity index (χ0) is 13.9. The van der Waals surface area contributed by atoms with Crippen LogP contribution in [0.25, 0.3) is 0 Å². The Morgan fingerprint density at radius 3 is 2.37 bits per heavy atom. The molecule has 2 fully saturated rings. The highest BCUT2D eigenvalue weighted by atomic mass is 32.2. The van der Waals surface area contributed by atoms with Crippen molar-refractivity contribution >= 4 is 10.0 Å². The largest absolute Gasteiger partial charge is 0.314 e. The van der Waals surface area contributed by atoms with Crippen LogP contribution in [0.4, 0.5) is 0 Å². The number of sulfonamides is 1. The lowest BCUT2D eigenvalue weighted by Gasteiger charge is -2.37. The second-order valence-corrected chi connectivity index (χ2v) is 7.90. The third kappa shape index (κ3) is 5.02. The molecule has 0 aromatic carbocycles. The Bertz CT molecular complexity index is 373. The lowest BCUT2D eigenvalue weighted by molar-refractivity contribution is 0.139. The summed E-state index contributed by atoms with van der Waals surface area (Å²) in [6, 6.07) is 1.36. The molecule has 6 heteroatoms. The second kappa shape index (κ2) is 6.52. The Morgan fingerprint density at radius 2 is 1.84 bits per heavy atom. The topological polar surface area (TPSA) is 52.6 Å². The molecule has 1 aliphatic heterocycles. The van der Waals surface area contributed by atoms with E-state index in [2.05, 4.69) is 17.1 Å². The van der Waals surface area contributed by atoms with E-state index in [9.17, 15) is 8.42 Å². The van der Waals surface area contributed by atoms with Crippen molar-refractivity contribution in [3.05, 3.63) is 0 Å². The highest BCUT2D eigenvalue weighted by Crippen LogP contribution is 2.18. The molecule has 1 aliphatic carbocycles. The zero-order valence-corrected chi connectivity index (χ0v) is 13.0. The fourth-order valence-corrected chi connectivity index (χ4v) is 3.48. The molecule has 5 nitrogen and oxygen atoms in total. The van der Waals surface area contributed by atoms with Gasteiger partial charge in [-0.15, -0.1) is 0 Å². The molecule has 1 N–H and O–H groups in total. The van der Waals surface area contributed by atoms with Crippen molar-refractivity contribution in [2.45, 2.75) is 44.7 Å². The molecule has 0 amide bonds. The molecule has 0 radical (unpaired) electrons. The lowest BCUT2D eigenvalue weighted by Crippen LogP contribution is -2.51. The summed E-state index contributed by atoms with van der Waals surface area (Å²) in [5.41, 5.74) is 0. The molecule has 1 unspecified atom stereocenters. The number of piperazine rings is 1. The van der Waals surface area contributed by atoms with E-state index >= 15 is 0 Å². The molecule has 1 saturated heterocycles. The van der Waals surface area contributed by atoms with Gasteiger partial charge in [0.2, 0.25) is 10.0 Å². The average molecular weight is 289 g/mol. The number of hydrogen-bond donors (Lipinski definition) is 1. The molecular formula is C13H27N3O2S. The Balaban J connectivity index is 1.62. The van der Waals surface area contributed by atoms with Crippen LogP contribution in [-0.2, 0) is 10.0 Å².